The Morgan fingerprint density at radius 3 is 2.48 bits per heavy atom. The molecular formula is C15H10BrN3O2. The molecule has 6 heteroatoms. The summed E-state index contributed by atoms with van der Waals surface area (Å²) in [6, 6.07) is 16.6. The molecule has 0 aliphatic rings. The van der Waals surface area contributed by atoms with Crippen molar-refractivity contribution >= 4 is 27.5 Å². The van der Waals surface area contributed by atoms with E-state index in [1.165, 1.54) is 0 Å². The molecule has 5 nitrogen and oxygen atoms in total. The minimum absolute atomic E-state index is 0.0791. The van der Waals surface area contributed by atoms with Crippen molar-refractivity contribution in [2.45, 2.75) is 0 Å². The fourth-order valence-corrected chi connectivity index (χ4v) is 2.13. The van der Waals surface area contributed by atoms with Crippen LogP contribution in [-0.4, -0.2) is 16.1 Å². The van der Waals surface area contributed by atoms with Crippen molar-refractivity contribution in [2.24, 2.45) is 0 Å². The number of aromatic nitrogens is 2. The van der Waals surface area contributed by atoms with Gasteiger partial charge < -0.3 is 9.73 Å². The Morgan fingerprint density at radius 2 is 1.71 bits per heavy atom. The number of amides is 1. The van der Waals surface area contributed by atoms with Gasteiger partial charge in [0.25, 0.3) is 0 Å². The van der Waals surface area contributed by atoms with Crippen LogP contribution in [0.4, 0.5) is 5.69 Å². The summed E-state index contributed by atoms with van der Waals surface area (Å²) in [5, 5.41) is 10.4. The highest BCUT2D eigenvalue weighted by Gasteiger charge is 2.16. The number of hydrogen-bond donors (Lipinski definition) is 1. The SMILES string of the molecule is O=C(Nc1ccccc1Br)c1nnc(-c2ccccc2)o1. The maximum atomic E-state index is 12.1. The standard InChI is InChI=1S/C15H10BrN3O2/c16-11-8-4-5-9-12(11)17-13(20)15-19-18-14(21-15)10-6-2-1-3-7-10/h1-9H,(H,17,20). The van der Waals surface area contributed by atoms with Crippen molar-refractivity contribution in [2.75, 3.05) is 5.32 Å². The molecule has 0 fully saturated rings. The van der Waals surface area contributed by atoms with Crippen molar-refractivity contribution in [1.82, 2.24) is 10.2 Å². The van der Waals surface area contributed by atoms with E-state index in [-0.39, 0.29) is 5.89 Å². The number of halogens is 1. The average molecular weight is 344 g/mol. The summed E-state index contributed by atoms with van der Waals surface area (Å²) in [7, 11) is 0. The summed E-state index contributed by atoms with van der Waals surface area (Å²) in [5.41, 5.74) is 1.41. The fourth-order valence-electron chi connectivity index (χ4n) is 1.75. The second kappa shape index (κ2) is 5.88. The summed E-state index contributed by atoms with van der Waals surface area (Å²) in [4.78, 5) is 12.1. The van der Waals surface area contributed by atoms with Gasteiger partial charge in [-0.25, -0.2) is 0 Å². The van der Waals surface area contributed by atoms with Crippen LogP contribution in [-0.2, 0) is 0 Å². The van der Waals surface area contributed by atoms with Gasteiger partial charge in [0.05, 0.1) is 5.69 Å². The first-order valence-corrected chi connectivity index (χ1v) is 6.98. The molecule has 1 aromatic heterocycles. The quantitative estimate of drug-likeness (QED) is 0.786. The molecule has 2 aromatic carbocycles. The van der Waals surface area contributed by atoms with Gasteiger partial charge in [0.2, 0.25) is 5.89 Å². The lowest BCUT2D eigenvalue weighted by molar-refractivity contribution is 0.0991. The van der Waals surface area contributed by atoms with Crippen LogP contribution in [0.3, 0.4) is 0 Å². The number of hydrogen-bond acceptors (Lipinski definition) is 4. The van der Waals surface area contributed by atoms with E-state index < -0.39 is 5.91 Å². The molecule has 0 atom stereocenters. The third-order valence-corrected chi connectivity index (χ3v) is 3.45. The molecule has 104 valence electrons. The third-order valence-electron chi connectivity index (χ3n) is 2.76. The number of rotatable bonds is 3. The van der Waals surface area contributed by atoms with Gasteiger partial charge in [-0.15, -0.1) is 10.2 Å². The summed E-state index contributed by atoms with van der Waals surface area (Å²) >= 11 is 3.36. The minimum Gasteiger partial charge on any atom is -0.412 e. The molecular weight excluding hydrogens is 334 g/mol. The van der Waals surface area contributed by atoms with Crippen molar-refractivity contribution in [3.63, 3.8) is 0 Å². The number of nitrogens with zero attached hydrogens (tertiary/aromatic N) is 2. The molecule has 0 spiro atoms. The first-order chi connectivity index (χ1) is 10.2. The third kappa shape index (κ3) is 3.00. The molecule has 0 bridgehead atoms. The number of carbonyl (C=O) groups excluding carboxylic acids is 1. The number of carbonyl (C=O) groups is 1. The minimum atomic E-state index is -0.448. The molecule has 21 heavy (non-hydrogen) atoms. The molecule has 0 radical (unpaired) electrons. The van der Waals surface area contributed by atoms with Crippen LogP contribution < -0.4 is 5.32 Å². The summed E-state index contributed by atoms with van der Waals surface area (Å²) in [5.74, 6) is -0.214. The Hall–Kier alpha value is -2.47. The van der Waals surface area contributed by atoms with Gasteiger partial charge in [0, 0.05) is 10.0 Å². The second-order valence-electron chi connectivity index (χ2n) is 4.21. The summed E-state index contributed by atoms with van der Waals surface area (Å²) < 4.78 is 6.17. The molecule has 0 saturated heterocycles. The predicted octanol–water partition coefficient (Wildman–Crippen LogP) is 3.75. The highest BCUT2D eigenvalue weighted by atomic mass is 79.9. The van der Waals surface area contributed by atoms with Crippen LogP contribution >= 0.6 is 15.9 Å². The van der Waals surface area contributed by atoms with Gasteiger partial charge in [-0.05, 0) is 40.2 Å². The lowest BCUT2D eigenvalue weighted by atomic mass is 10.2. The summed E-state index contributed by atoms with van der Waals surface area (Å²) in [6.07, 6.45) is 0. The van der Waals surface area contributed by atoms with Crippen LogP contribution in [0.25, 0.3) is 11.5 Å². The van der Waals surface area contributed by atoms with Gasteiger partial charge in [-0.1, -0.05) is 30.3 Å². The Morgan fingerprint density at radius 1 is 1.00 bits per heavy atom. The zero-order valence-corrected chi connectivity index (χ0v) is 12.4. The first-order valence-electron chi connectivity index (χ1n) is 6.19. The molecule has 0 saturated carbocycles. The van der Waals surface area contributed by atoms with Gasteiger partial charge in [0.15, 0.2) is 0 Å². The van der Waals surface area contributed by atoms with Crippen molar-refractivity contribution in [3.05, 3.63) is 65.0 Å². The van der Waals surface area contributed by atoms with E-state index >= 15 is 0 Å². The maximum absolute atomic E-state index is 12.1. The molecule has 0 unspecified atom stereocenters. The lowest BCUT2D eigenvalue weighted by Gasteiger charge is -2.03. The van der Waals surface area contributed by atoms with E-state index in [4.69, 9.17) is 4.42 Å². The van der Waals surface area contributed by atoms with E-state index in [1.807, 2.05) is 48.5 Å². The number of para-hydroxylation sites is 1. The van der Waals surface area contributed by atoms with E-state index in [0.717, 1.165) is 10.0 Å². The molecule has 3 rings (SSSR count). The van der Waals surface area contributed by atoms with E-state index in [1.54, 1.807) is 6.07 Å². The van der Waals surface area contributed by atoms with E-state index in [9.17, 15) is 4.79 Å². The van der Waals surface area contributed by atoms with Crippen LogP contribution in [0.15, 0.2) is 63.5 Å². The highest BCUT2D eigenvalue weighted by molar-refractivity contribution is 9.10. The number of nitrogens with one attached hydrogen (secondary N) is 1. The predicted molar refractivity (Wildman–Crippen MR) is 81.8 cm³/mol. The fraction of sp³-hybridized carbons (Fsp3) is 0. The van der Waals surface area contributed by atoms with Crippen LogP contribution in [0.1, 0.15) is 10.7 Å². The first kappa shape index (κ1) is 13.5. The van der Waals surface area contributed by atoms with Gasteiger partial charge in [0.1, 0.15) is 0 Å². The van der Waals surface area contributed by atoms with Gasteiger partial charge in [-0.3, -0.25) is 4.79 Å². The van der Waals surface area contributed by atoms with E-state index in [2.05, 4.69) is 31.4 Å². The largest absolute Gasteiger partial charge is 0.412 e. The Labute approximate surface area is 129 Å². The highest BCUT2D eigenvalue weighted by Crippen LogP contribution is 2.22. The normalized spacial score (nSPS) is 10.3. The van der Waals surface area contributed by atoms with Crippen molar-refractivity contribution < 1.29 is 9.21 Å². The molecule has 3 aromatic rings. The van der Waals surface area contributed by atoms with Gasteiger partial charge in [-0.2, -0.15) is 0 Å². The smallest absolute Gasteiger partial charge is 0.313 e. The van der Waals surface area contributed by atoms with Crippen LogP contribution in [0, 0.1) is 0 Å². The zero-order chi connectivity index (χ0) is 14.7. The maximum Gasteiger partial charge on any atom is 0.313 e. The Balaban J connectivity index is 1.80. The molecule has 1 amide bonds. The summed E-state index contributed by atoms with van der Waals surface area (Å²) in [6.45, 7) is 0. The lowest BCUT2D eigenvalue weighted by Crippen LogP contribution is -2.12. The molecule has 1 heterocycles. The molecule has 0 aliphatic carbocycles. The average Bonchev–Trinajstić information content (AvgIpc) is 3.00. The van der Waals surface area contributed by atoms with Crippen molar-refractivity contribution in [3.8, 4) is 11.5 Å². The Kier molecular flexibility index (Phi) is 3.79. The molecule has 1 N–H and O–H groups in total. The van der Waals surface area contributed by atoms with E-state index in [0.29, 0.717) is 11.6 Å². The topological polar surface area (TPSA) is 68.0 Å². The zero-order valence-electron chi connectivity index (χ0n) is 10.8. The van der Waals surface area contributed by atoms with Crippen LogP contribution in [0.2, 0.25) is 0 Å². The molecule has 0 aliphatic heterocycles. The number of anilines is 1. The second-order valence-corrected chi connectivity index (χ2v) is 5.07. The Bertz CT molecular complexity index is 771. The van der Waals surface area contributed by atoms with Crippen molar-refractivity contribution in [1.29, 1.82) is 0 Å². The van der Waals surface area contributed by atoms with Gasteiger partial charge >= 0.3 is 11.8 Å². The van der Waals surface area contributed by atoms with Crippen LogP contribution in [0.5, 0.6) is 0 Å². The monoisotopic (exact) mass is 343 g/mol. The number of benzene rings is 2.